The highest BCUT2D eigenvalue weighted by molar-refractivity contribution is 5.99. The van der Waals surface area contributed by atoms with Gasteiger partial charge >= 0.3 is 5.97 Å². The summed E-state index contributed by atoms with van der Waals surface area (Å²) < 4.78 is 7.56. The Hall–Kier alpha value is -4.20. The molecule has 2 heterocycles. The molecule has 0 aliphatic heterocycles. The van der Waals surface area contributed by atoms with E-state index in [1.165, 1.54) is 24.1 Å². The molecule has 1 aliphatic carbocycles. The molecule has 1 atom stereocenters. The van der Waals surface area contributed by atoms with Gasteiger partial charge in [-0.3, -0.25) is 14.5 Å². The molecule has 0 radical (unpaired) electrons. The molecule has 8 nitrogen and oxygen atoms in total. The van der Waals surface area contributed by atoms with Gasteiger partial charge in [-0.25, -0.2) is 4.79 Å². The highest BCUT2D eigenvalue weighted by atomic mass is 16.5. The number of carbonyl (C=O) groups is 2. The predicted octanol–water partition coefficient (Wildman–Crippen LogP) is 4.28. The number of carbonyl (C=O) groups excluding carboxylic acids is 1. The maximum absolute atomic E-state index is 12.8. The lowest BCUT2D eigenvalue weighted by Crippen LogP contribution is -2.42. The lowest BCUT2D eigenvalue weighted by atomic mass is 9.95. The molecular weight excluding hydrogens is 480 g/mol. The minimum Gasteiger partial charge on any atom is -0.494 e. The number of aryl methyl sites for hydroxylation is 4. The van der Waals surface area contributed by atoms with Crippen molar-refractivity contribution in [3.05, 3.63) is 88.9 Å². The molecule has 2 N–H and O–H groups in total. The number of amides is 1. The van der Waals surface area contributed by atoms with Crippen molar-refractivity contribution in [2.24, 2.45) is 7.05 Å². The summed E-state index contributed by atoms with van der Waals surface area (Å²) in [6.45, 7) is 0.576. The maximum atomic E-state index is 12.8. The van der Waals surface area contributed by atoms with Crippen LogP contribution in [0.4, 0.5) is 0 Å². The number of carboxylic acid groups (broad SMARTS) is 1. The number of pyridine rings is 1. The van der Waals surface area contributed by atoms with Gasteiger partial charge in [-0.1, -0.05) is 24.3 Å². The molecule has 0 spiro atoms. The van der Waals surface area contributed by atoms with Crippen LogP contribution >= 0.6 is 0 Å². The minimum absolute atomic E-state index is 0.166. The summed E-state index contributed by atoms with van der Waals surface area (Å²) >= 11 is 0. The van der Waals surface area contributed by atoms with E-state index in [1.807, 2.05) is 24.3 Å². The van der Waals surface area contributed by atoms with Gasteiger partial charge in [-0.05, 0) is 80.0 Å². The quantitative estimate of drug-likeness (QED) is 0.307. The SMILES string of the molecule is Cn1ncc2ccc(C(=O)N[C@@H](Cc3ccc(OCCCc4ccc5c(n4)CCCC5)cc3)C(=O)O)cc21. The number of nitrogens with one attached hydrogen (secondary N) is 1. The van der Waals surface area contributed by atoms with Gasteiger partial charge in [0, 0.05) is 35.8 Å². The molecule has 4 aromatic rings. The molecule has 8 heteroatoms. The van der Waals surface area contributed by atoms with Crippen LogP contribution in [0.25, 0.3) is 10.9 Å². The molecule has 2 aromatic carbocycles. The number of fused-ring (bicyclic) bond motifs is 2. The number of hydrogen-bond donors (Lipinski definition) is 2. The van der Waals surface area contributed by atoms with Crippen molar-refractivity contribution in [3.8, 4) is 5.75 Å². The summed E-state index contributed by atoms with van der Waals surface area (Å²) in [6, 6.07) is 15.8. The zero-order valence-corrected chi connectivity index (χ0v) is 21.5. The fourth-order valence-electron chi connectivity index (χ4n) is 4.89. The van der Waals surface area contributed by atoms with E-state index >= 15 is 0 Å². The van der Waals surface area contributed by atoms with Crippen molar-refractivity contribution in [2.75, 3.05) is 6.61 Å². The van der Waals surface area contributed by atoms with Crippen LogP contribution in [-0.4, -0.2) is 44.4 Å². The summed E-state index contributed by atoms with van der Waals surface area (Å²) in [5, 5.41) is 17.4. The van der Waals surface area contributed by atoms with Gasteiger partial charge in [0.25, 0.3) is 5.91 Å². The van der Waals surface area contributed by atoms with Crippen LogP contribution in [0.2, 0.25) is 0 Å². The van der Waals surface area contributed by atoms with Crippen LogP contribution in [0, 0.1) is 0 Å². The van der Waals surface area contributed by atoms with Crippen LogP contribution < -0.4 is 10.1 Å². The highest BCUT2D eigenvalue weighted by Gasteiger charge is 2.21. The van der Waals surface area contributed by atoms with Crippen LogP contribution in [-0.2, 0) is 37.5 Å². The molecule has 0 saturated carbocycles. The minimum atomic E-state index is -1.09. The number of aliphatic carboxylic acids is 1. The standard InChI is InChI=1S/C30H32N4O4/c1-34-28-18-22(10-11-23(28)19-31-34)29(35)33-27(30(36)37)17-20-8-14-25(15-9-20)38-16-4-6-24-13-12-21-5-2-3-7-26(21)32-24/h8-15,18-19,27H,2-7,16-17H2,1H3,(H,33,35)(H,36,37)/t27-/m0/s1. The fraction of sp³-hybridized carbons (Fsp3) is 0.333. The van der Waals surface area contributed by atoms with Gasteiger partial charge in [-0.2, -0.15) is 5.10 Å². The Morgan fingerprint density at radius 3 is 2.71 bits per heavy atom. The van der Waals surface area contributed by atoms with Crippen LogP contribution in [0.5, 0.6) is 5.75 Å². The van der Waals surface area contributed by atoms with E-state index < -0.39 is 17.9 Å². The number of nitrogens with zero attached hydrogens (tertiary/aromatic N) is 3. The van der Waals surface area contributed by atoms with E-state index in [0.717, 1.165) is 53.6 Å². The molecule has 0 saturated heterocycles. The van der Waals surface area contributed by atoms with Crippen LogP contribution in [0.3, 0.4) is 0 Å². The van der Waals surface area contributed by atoms with Crippen molar-refractivity contribution in [2.45, 2.75) is 51.0 Å². The molecule has 5 rings (SSSR count). The average molecular weight is 513 g/mol. The zero-order chi connectivity index (χ0) is 26.5. The summed E-state index contributed by atoms with van der Waals surface area (Å²) in [7, 11) is 1.80. The van der Waals surface area contributed by atoms with E-state index in [9.17, 15) is 14.7 Å². The predicted molar refractivity (Wildman–Crippen MR) is 144 cm³/mol. The Morgan fingerprint density at radius 2 is 1.89 bits per heavy atom. The number of hydrogen-bond acceptors (Lipinski definition) is 5. The van der Waals surface area contributed by atoms with Crippen molar-refractivity contribution in [1.82, 2.24) is 20.1 Å². The van der Waals surface area contributed by atoms with Crippen LogP contribution in [0.15, 0.2) is 60.8 Å². The molecule has 2 aromatic heterocycles. The number of aromatic nitrogens is 3. The first-order valence-electron chi connectivity index (χ1n) is 13.1. The molecule has 196 valence electrons. The number of carboxylic acids is 1. The largest absolute Gasteiger partial charge is 0.494 e. The second-order valence-electron chi connectivity index (χ2n) is 9.82. The van der Waals surface area contributed by atoms with Crippen molar-refractivity contribution in [1.29, 1.82) is 0 Å². The Bertz CT molecular complexity index is 1440. The third-order valence-corrected chi connectivity index (χ3v) is 7.06. The summed E-state index contributed by atoms with van der Waals surface area (Å²) in [4.78, 5) is 29.5. The fourth-order valence-corrected chi connectivity index (χ4v) is 4.89. The summed E-state index contributed by atoms with van der Waals surface area (Å²) in [5.41, 5.74) is 5.76. The van der Waals surface area contributed by atoms with Crippen molar-refractivity contribution >= 4 is 22.8 Å². The van der Waals surface area contributed by atoms with Crippen molar-refractivity contribution in [3.63, 3.8) is 0 Å². The van der Waals surface area contributed by atoms with Crippen LogP contribution in [0.1, 0.15) is 52.1 Å². The van der Waals surface area contributed by atoms with Crippen molar-refractivity contribution < 1.29 is 19.4 Å². The van der Waals surface area contributed by atoms with E-state index in [1.54, 1.807) is 36.1 Å². The first-order chi connectivity index (χ1) is 18.5. The first kappa shape index (κ1) is 25.4. The smallest absolute Gasteiger partial charge is 0.326 e. The van der Waals surface area contributed by atoms with Gasteiger partial charge < -0.3 is 15.2 Å². The van der Waals surface area contributed by atoms with Gasteiger partial charge in [0.05, 0.1) is 18.3 Å². The third kappa shape index (κ3) is 6.02. The topological polar surface area (TPSA) is 106 Å². The van der Waals surface area contributed by atoms with Gasteiger partial charge in [0.15, 0.2) is 0 Å². The van der Waals surface area contributed by atoms with E-state index in [-0.39, 0.29) is 6.42 Å². The zero-order valence-electron chi connectivity index (χ0n) is 21.5. The van der Waals surface area contributed by atoms with E-state index in [2.05, 4.69) is 22.5 Å². The molecular formula is C30H32N4O4. The van der Waals surface area contributed by atoms with E-state index in [0.29, 0.717) is 12.2 Å². The monoisotopic (exact) mass is 512 g/mol. The molecule has 38 heavy (non-hydrogen) atoms. The van der Waals surface area contributed by atoms with Gasteiger partial charge in [-0.15, -0.1) is 0 Å². The number of rotatable bonds is 10. The lowest BCUT2D eigenvalue weighted by Gasteiger charge is -2.16. The average Bonchev–Trinajstić information content (AvgIpc) is 3.31. The third-order valence-electron chi connectivity index (χ3n) is 7.06. The number of benzene rings is 2. The molecule has 0 fully saturated rings. The second kappa shape index (κ2) is 11.5. The summed E-state index contributed by atoms with van der Waals surface area (Å²) in [5.74, 6) is -0.794. The Balaban J connectivity index is 1.12. The Labute approximate surface area is 221 Å². The second-order valence-corrected chi connectivity index (χ2v) is 9.82. The summed E-state index contributed by atoms with van der Waals surface area (Å²) in [6.07, 6.45) is 8.34. The Kier molecular flexibility index (Phi) is 7.67. The maximum Gasteiger partial charge on any atom is 0.326 e. The molecule has 0 bridgehead atoms. The normalized spacial score (nSPS) is 13.6. The molecule has 1 aliphatic rings. The van der Waals surface area contributed by atoms with E-state index in [4.69, 9.17) is 9.72 Å². The molecule has 0 unspecified atom stereocenters. The first-order valence-corrected chi connectivity index (χ1v) is 13.1. The Morgan fingerprint density at radius 1 is 1.08 bits per heavy atom. The molecule has 1 amide bonds. The lowest BCUT2D eigenvalue weighted by molar-refractivity contribution is -0.139. The highest BCUT2D eigenvalue weighted by Crippen LogP contribution is 2.20. The van der Waals surface area contributed by atoms with Gasteiger partial charge in [0.1, 0.15) is 11.8 Å². The number of ether oxygens (including phenoxy) is 1. The van der Waals surface area contributed by atoms with Gasteiger partial charge in [0.2, 0.25) is 0 Å².